The normalized spacial score (nSPS) is 10.9. The molecule has 0 aliphatic carbocycles. The first-order chi connectivity index (χ1) is 15.6. The molecular formula is C22H31N5O7. The third-order valence-electron chi connectivity index (χ3n) is 4.79. The molecule has 1 aromatic heterocycles. The summed E-state index contributed by atoms with van der Waals surface area (Å²) in [5.41, 5.74) is 15.4. The zero-order valence-corrected chi connectivity index (χ0v) is 19.7. The van der Waals surface area contributed by atoms with Gasteiger partial charge in [0, 0.05) is 29.8 Å². The smallest absolute Gasteiger partial charge is 0.332 e. The zero-order valence-electron chi connectivity index (χ0n) is 19.7. The molecule has 9 N–H and O–H groups in total. The minimum atomic E-state index is -1.23. The zero-order chi connectivity index (χ0) is 24.7. The summed E-state index contributed by atoms with van der Waals surface area (Å²) in [7, 11) is 4.75. The number of aliphatic hydroxyl groups is 1. The lowest BCUT2D eigenvalue weighted by atomic mass is 10.0. The maximum atomic E-state index is 9.45. The largest absolute Gasteiger partial charge is 0.493 e. The molecule has 1 atom stereocenters. The molecule has 2 aromatic carbocycles. The van der Waals surface area contributed by atoms with Gasteiger partial charge in [-0.05, 0) is 31.0 Å². The van der Waals surface area contributed by atoms with Crippen molar-refractivity contribution < 1.29 is 34.7 Å². The predicted octanol–water partition coefficient (Wildman–Crippen LogP) is 1.37. The summed E-state index contributed by atoms with van der Waals surface area (Å²) < 4.78 is 16.1. The summed E-state index contributed by atoms with van der Waals surface area (Å²) in [5.74, 6) is 1.09. The van der Waals surface area contributed by atoms with Gasteiger partial charge in [-0.3, -0.25) is 0 Å². The van der Waals surface area contributed by atoms with Crippen molar-refractivity contribution in [3.63, 3.8) is 0 Å². The molecule has 186 valence electrons. The van der Waals surface area contributed by atoms with Crippen LogP contribution in [0.1, 0.15) is 18.1 Å². The number of aliphatic carboxylic acids is 1. The molecule has 1 unspecified atom stereocenters. The standard InChI is InChI=1S/C19H23N5O3.C3H6O3.H2O/c1-10-11(5-6-13-16(10)18(20)24-19(21)23-13)9-22-12-7-14(25-2)17(27-4)15(8-12)26-3;1-2(4)3(5)6;/h5-8,22H,9H2,1-4H3,(H4,20,21,23,24);2,4H,1H3,(H,5,6);1H2. The molecule has 0 saturated heterocycles. The first kappa shape index (κ1) is 28.0. The molecule has 0 bridgehead atoms. The summed E-state index contributed by atoms with van der Waals surface area (Å²) in [4.78, 5) is 17.8. The molecule has 34 heavy (non-hydrogen) atoms. The number of hydrogen-bond donors (Lipinski definition) is 5. The number of carboxylic acids is 1. The van der Waals surface area contributed by atoms with Gasteiger partial charge in [-0.1, -0.05) is 6.07 Å². The Bertz CT molecular complexity index is 1110. The van der Waals surface area contributed by atoms with Gasteiger partial charge in [0.1, 0.15) is 11.9 Å². The molecule has 0 aliphatic rings. The minimum absolute atomic E-state index is 0. The van der Waals surface area contributed by atoms with E-state index < -0.39 is 12.1 Å². The lowest BCUT2D eigenvalue weighted by Crippen LogP contribution is -2.13. The number of anilines is 3. The topological polar surface area (TPSA) is 207 Å². The van der Waals surface area contributed by atoms with Crippen molar-refractivity contribution in [3.8, 4) is 17.2 Å². The maximum absolute atomic E-state index is 9.45. The fraction of sp³-hybridized carbons (Fsp3) is 0.318. The molecule has 12 heteroatoms. The molecule has 0 amide bonds. The highest BCUT2D eigenvalue weighted by molar-refractivity contribution is 5.92. The third kappa shape index (κ3) is 6.49. The van der Waals surface area contributed by atoms with E-state index >= 15 is 0 Å². The molecule has 0 saturated carbocycles. The Hall–Kier alpha value is -4.03. The fourth-order valence-corrected chi connectivity index (χ4v) is 3.06. The van der Waals surface area contributed by atoms with Crippen LogP contribution in [0.3, 0.4) is 0 Å². The van der Waals surface area contributed by atoms with E-state index in [-0.39, 0.29) is 11.4 Å². The number of aryl methyl sites for hydroxylation is 1. The van der Waals surface area contributed by atoms with Gasteiger partial charge in [-0.15, -0.1) is 0 Å². The van der Waals surface area contributed by atoms with Crippen LogP contribution in [0.2, 0.25) is 0 Å². The van der Waals surface area contributed by atoms with E-state index in [1.807, 2.05) is 31.2 Å². The second kappa shape index (κ2) is 12.3. The Kier molecular flexibility index (Phi) is 10.1. The number of aromatic nitrogens is 2. The summed E-state index contributed by atoms with van der Waals surface area (Å²) in [5, 5.41) is 20.0. The Morgan fingerprint density at radius 3 is 2.12 bits per heavy atom. The van der Waals surface area contributed by atoms with Crippen LogP contribution >= 0.6 is 0 Å². The molecule has 0 spiro atoms. The van der Waals surface area contributed by atoms with Gasteiger partial charge in [0.25, 0.3) is 0 Å². The summed E-state index contributed by atoms with van der Waals surface area (Å²) in [6.45, 7) is 3.76. The van der Waals surface area contributed by atoms with E-state index in [2.05, 4.69) is 15.3 Å². The van der Waals surface area contributed by atoms with Crippen molar-refractivity contribution >= 4 is 34.3 Å². The fourth-order valence-electron chi connectivity index (χ4n) is 3.06. The number of nitrogen functional groups attached to an aromatic ring is 2. The van der Waals surface area contributed by atoms with Gasteiger partial charge in [0.15, 0.2) is 11.5 Å². The van der Waals surface area contributed by atoms with Crippen LogP contribution in [0, 0.1) is 6.92 Å². The number of nitrogens with two attached hydrogens (primary N) is 2. The SMILES string of the molecule is CC(O)C(=O)O.COc1cc(NCc2ccc3nc(N)nc(N)c3c2C)cc(OC)c1OC.O. The summed E-state index contributed by atoms with van der Waals surface area (Å²) in [6, 6.07) is 7.60. The Balaban J connectivity index is 0.000000735. The number of ether oxygens (including phenoxy) is 3. The van der Waals surface area contributed by atoms with Gasteiger partial charge < -0.3 is 46.7 Å². The van der Waals surface area contributed by atoms with Crippen molar-refractivity contribution in [2.45, 2.75) is 26.5 Å². The number of aliphatic hydroxyl groups excluding tert-OH is 1. The highest BCUT2D eigenvalue weighted by Gasteiger charge is 2.14. The van der Waals surface area contributed by atoms with E-state index in [1.165, 1.54) is 6.92 Å². The number of hydrogen-bond acceptors (Lipinski definition) is 10. The number of methoxy groups -OCH3 is 3. The molecular weight excluding hydrogens is 446 g/mol. The maximum Gasteiger partial charge on any atom is 0.332 e. The molecule has 0 aliphatic heterocycles. The minimum Gasteiger partial charge on any atom is -0.493 e. The number of rotatable bonds is 7. The van der Waals surface area contributed by atoms with E-state index in [9.17, 15) is 4.79 Å². The van der Waals surface area contributed by atoms with Gasteiger partial charge >= 0.3 is 5.97 Å². The van der Waals surface area contributed by atoms with Crippen molar-refractivity contribution in [1.82, 2.24) is 9.97 Å². The van der Waals surface area contributed by atoms with Crippen LogP contribution in [0.5, 0.6) is 17.2 Å². The number of nitrogens with one attached hydrogen (secondary N) is 1. The van der Waals surface area contributed by atoms with Crippen molar-refractivity contribution in [3.05, 3.63) is 35.4 Å². The highest BCUT2D eigenvalue weighted by Crippen LogP contribution is 2.40. The second-order valence-electron chi connectivity index (χ2n) is 6.99. The van der Waals surface area contributed by atoms with E-state index in [4.69, 9.17) is 35.9 Å². The summed E-state index contributed by atoms with van der Waals surface area (Å²) in [6.07, 6.45) is -1.23. The van der Waals surface area contributed by atoms with Crippen LogP contribution in [0.4, 0.5) is 17.5 Å². The quantitative estimate of drug-likeness (QED) is 0.328. The van der Waals surface area contributed by atoms with Crippen LogP contribution in [-0.2, 0) is 11.3 Å². The monoisotopic (exact) mass is 477 g/mol. The highest BCUT2D eigenvalue weighted by atomic mass is 16.5. The average Bonchev–Trinajstić information content (AvgIpc) is 2.77. The predicted molar refractivity (Wildman–Crippen MR) is 129 cm³/mol. The molecule has 0 radical (unpaired) electrons. The van der Waals surface area contributed by atoms with E-state index in [1.54, 1.807) is 21.3 Å². The first-order valence-corrected chi connectivity index (χ1v) is 9.88. The van der Waals surface area contributed by atoms with Crippen molar-refractivity contribution in [1.29, 1.82) is 0 Å². The number of carbonyl (C=O) groups is 1. The first-order valence-electron chi connectivity index (χ1n) is 9.88. The van der Waals surface area contributed by atoms with Gasteiger partial charge in [0.2, 0.25) is 11.7 Å². The number of benzene rings is 2. The number of carboxylic acid groups (broad SMARTS) is 1. The van der Waals surface area contributed by atoms with Crippen LogP contribution < -0.4 is 31.0 Å². The van der Waals surface area contributed by atoms with E-state index in [0.717, 1.165) is 27.7 Å². The molecule has 12 nitrogen and oxygen atoms in total. The summed E-state index contributed by atoms with van der Waals surface area (Å²) >= 11 is 0. The number of fused-ring (bicyclic) bond motifs is 1. The van der Waals surface area contributed by atoms with Crippen LogP contribution in [0.25, 0.3) is 10.9 Å². The van der Waals surface area contributed by atoms with Crippen LogP contribution in [-0.4, -0.2) is 59.1 Å². The molecule has 1 heterocycles. The molecule has 3 rings (SSSR count). The van der Waals surface area contributed by atoms with Crippen molar-refractivity contribution in [2.75, 3.05) is 38.1 Å². The van der Waals surface area contributed by atoms with E-state index in [0.29, 0.717) is 29.6 Å². The second-order valence-corrected chi connectivity index (χ2v) is 6.99. The van der Waals surface area contributed by atoms with Gasteiger partial charge in [0.05, 0.1) is 26.8 Å². The van der Waals surface area contributed by atoms with Gasteiger partial charge in [-0.2, -0.15) is 4.98 Å². The van der Waals surface area contributed by atoms with Crippen molar-refractivity contribution in [2.24, 2.45) is 0 Å². The lowest BCUT2D eigenvalue weighted by Gasteiger charge is -2.16. The third-order valence-corrected chi connectivity index (χ3v) is 4.79. The number of nitrogens with zero attached hydrogens (tertiary/aromatic N) is 2. The molecule has 0 fully saturated rings. The Morgan fingerprint density at radius 2 is 1.65 bits per heavy atom. The molecule has 3 aromatic rings. The Morgan fingerprint density at radius 1 is 1.09 bits per heavy atom. The van der Waals surface area contributed by atoms with Crippen LogP contribution in [0.15, 0.2) is 24.3 Å². The lowest BCUT2D eigenvalue weighted by molar-refractivity contribution is -0.145. The van der Waals surface area contributed by atoms with Gasteiger partial charge in [-0.25, -0.2) is 9.78 Å². The Labute approximate surface area is 196 Å². The average molecular weight is 478 g/mol.